The molecule has 0 bridgehead atoms. The number of hydrogen-bond acceptors (Lipinski definition) is 7. The van der Waals surface area contributed by atoms with E-state index < -0.39 is 41.2 Å². The minimum Gasteiger partial charge on any atom is -0.467 e. The molecule has 1 rings (SSSR count). The molecule has 5 atom stereocenters. The second-order valence-electron chi connectivity index (χ2n) is 4.44. The van der Waals surface area contributed by atoms with Crippen molar-refractivity contribution in [1.29, 1.82) is 0 Å². The summed E-state index contributed by atoms with van der Waals surface area (Å²) >= 11 is 3.25. The van der Waals surface area contributed by atoms with Crippen LogP contribution >= 0.6 is 15.9 Å². The monoisotopic (exact) mass is 352 g/mol. The third kappa shape index (κ3) is 3.92. The van der Waals surface area contributed by atoms with Crippen LogP contribution in [0.3, 0.4) is 0 Å². The average Bonchev–Trinajstić information content (AvgIpc) is 2.36. The lowest BCUT2D eigenvalue weighted by Gasteiger charge is -2.41. The number of methoxy groups -OCH3 is 1. The van der Waals surface area contributed by atoms with Crippen molar-refractivity contribution in [2.75, 3.05) is 7.11 Å². The Morgan fingerprint density at radius 3 is 2.00 bits per heavy atom. The van der Waals surface area contributed by atoms with Crippen LogP contribution in [-0.2, 0) is 33.3 Å². The van der Waals surface area contributed by atoms with Gasteiger partial charge in [0.25, 0.3) is 0 Å². The standard InChI is InChI=1S/C12H17BrO7/c1-5-8(18-6(2)14)9(19-7(3)15)10(12(16)17-4)20-11(5)13/h5,8-11H,1-4H3/t5-,8-,9+,10?,11+/m1/s1. The van der Waals surface area contributed by atoms with Crippen molar-refractivity contribution in [1.82, 2.24) is 0 Å². The van der Waals surface area contributed by atoms with E-state index in [1.165, 1.54) is 21.0 Å². The molecule has 0 aliphatic carbocycles. The van der Waals surface area contributed by atoms with E-state index in [2.05, 4.69) is 20.7 Å². The zero-order valence-electron chi connectivity index (χ0n) is 11.6. The minimum atomic E-state index is -1.16. The number of carbonyl (C=O) groups is 3. The number of alkyl halides is 1. The molecule has 1 aliphatic heterocycles. The van der Waals surface area contributed by atoms with E-state index in [0.717, 1.165) is 0 Å². The minimum absolute atomic E-state index is 0.316. The summed E-state index contributed by atoms with van der Waals surface area (Å²) in [6.07, 6.45) is -3.01. The van der Waals surface area contributed by atoms with Gasteiger partial charge in [-0.1, -0.05) is 22.9 Å². The second-order valence-corrected chi connectivity index (χ2v) is 5.34. The molecule has 1 fully saturated rings. The number of halogens is 1. The van der Waals surface area contributed by atoms with Gasteiger partial charge in [-0.25, -0.2) is 4.79 Å². The van der Waals surface area contributed by atoms with Gasteiger partial charge in [-0.3, -0.25) is 9.59 Å². The van der Waals surface area contributed by atoms with Crippen LogP contribution in [0.4, 0.5) is 0 Å². The van der Waals surface area contributed by atoms with Crippen LogP contribution in [-0.4, -0.2) is 48.3 Å². The van der Waals surface area contributed by atoms with Gasteiger partial charge in [0.15, 0.2) is 12.2 Å². The first-order chi connectivity index (χ1) is 9.27. The number of hydrogen-bond donors (Lipinski definition) is 0. The van der Waals surface area contributed by atoms with Gasteiger partial charge in [-0.05, 0) is 0 Å². The lowest BCUT2D eigenvalue weighted by atomic mass is 9.93. The van der Waals surface area contributed by atoms with E-state index >= 15 is 0 Å². The Morgan fingerprint density at radius 1 is 1.05 bits per heavy atom. The number of esters is 3. The Hall–Kier alpha value is -1.15. The molecule has 0 amide bonds. The smallest absolute Gasteiger partial charge is 0.339 e. The van der Waals surface area contributed by atoms with Crippen molar-refractivity contribution in [3.8, 4) is 0 Å². The Balaban J connectivity index is 3.07. The average molecular weight is 353 g/mol. The van der Waals surface area contributed by atoms with E-state index in [1.807, 2.05) is 0 Å². The Morgan fingerprint density at radius 2 is 1.55 bits per heavy atom. The highest BCUT2D eigenvalue weighted by Gasteiger charge is 2.50. The van der Waals surface area contributed by atoms with E-state index in [0.29, 0.717) is 0 Å². The number of rotatable bonds is 3. The Bertz CT molecular complexity index is 397. The van der Waals surface area contributed by atoms with Crippen LogP contribution in [0.15, 0.2) is 0 Å². The van der Waals surface area contributed by atoms with Gasteiger partial charge in [0.2, 0.25) is 0 Å². The van der Waals surface area contributed by atoms with Crippen LogP contribution in [0.1, 0.15) is 20.8 Å². The summed E-state index contributed by atoms with van der Waals surface area (Å²) in [5, 5.41) is -0.539. The first-order valence-electron chi connectivity index (χ1n) is 5.99. The fraction of sp³-hybridized carbons (Fsp3) is 0.750. The maximum absolute atomic E-state index is 11.7. The van der Waals surface area contributed by atoms with Crippen molar-refractivity contribution in [2.24, 2.45) is 5.92 Å². The summed E-state index contributed by atoms with van der Waals surface area (Å²) in [6.45, 7) is 4.18. The molecule has 1 unspecified atom stereocenters. The normalized spacial score (nSPS) is 33.1. The van der Waals surface area contributed by atoms with Crippen LogP contribution in [0.25, 0.3) is 0 Å². The molecule has 0 aromatic heterocycles. The molecule has 7 nitrogen and oxygen atoms in total. The summed E-state index contributed by atoms with van der Waals surface area (Å²) in [6, 6.07) is 0. The second kappa shape index (κ2) is 7.03. The summed E-state index contributed by atoms with van der Waals surface area (Å²) in [5.74, 6) is -2.16. The van der Waals surface area contributed by atoms with Gasteiger partial charge < -0.3 is 18.9 Å². The van der Waals surface area contributed by atoms with Crippen molar-refractivity contribution in [2.45, 2.75) is 44.1 Å². The molecular weight excluding hydrogens is 336 g/mol. The molecule has 8 heteroatoms. The molecular formula is C12H17BrO7. The molecule has 114 valence electrons. The van der Waals surface area contributed by atoms with E-state index in [-0.39, 0.29) is 5.92 Å². The fourth-order valence-electron chi connectivity index (χ4n) is 1.95. The molecule has 1 saturated heterocycles. The quantitative estimate of drug-likeness (QED) is 0.421. The van der Waals surface area contributed by atoms with E-state index in [4.69, 9.17) is 14.2 Å². The summed E-state index contributed by atoms with van der Waals surface area (Å²) in [7, 11) is 1.19. The maximum atomic E-state index is 11.7. The number of carbonyl (C=O) groups excluding carboxylic acids is 3. The predicted octanol–water partition coefficient (Wildman–Crippen LogP) is 0.779. The highest BCUT2D eigenvalue weighted by molar-refractivity contribution is 9.09. The molecule has 0 aromatic carbocycles. The predicted molar refractivity (Wildman–Crippen MR) is 69.9 cm³/mol. The number of ether oxygens (including phenoxy) is 4. The summed E-state index contributed by atoms with van der Waals surface area (Å²) in [4.78, 5) is 34.2. The van der Waals surface area contributed by atoms with Crippen LogP contribution in [0, 0.1) is 5.92 Å². The molecule has 0 spiro atoms. The van der Waals surface area contributed by atoms with Crippen molar-refractivity contribution in [3.63, 3.8) is 0 Å². The summed E-state index contributed by atoms with van der Waals surface area (Å²) in [5.41, 5.74) is 0. The Kier molecular flexibility index (Phi) is 5.94. The van der Waals surface area contributed by atoms with Crippen molar-refractivity contribution in [3.05, 3.63) is 0 Å². The molecule has 1 heterocycles. The Labute approximate surface area is 125 Å². The fourth-order valence-corrected chi connectivity index (χ4v) is 2.49. The van der Waals surface area contributed by atoms with Gasteiger partial charge >= 0.3 is 17.9 Å². The third-order valence-corrected chi connectivity index (χ3v) is 3.92. The topological polar surface area (TPSA) is 88.1 Å². The molecule has 20 heavy (non-hydrogen) atoms. The molecule has 0 saturated carbocycles. The molecule has 0 N–H and O–H groups in total. The zero-order valence-corrected chi connectivity index (χ0v) is 13.2. The first-order valence-corrected chi connectivity index (χ1v) is 6.91. The van der Waals surface area contributed by atoms with Gasteiger partial charge in [0.1, 0.15) is 11.1 Å². The van der Waals surface area contributed by atoms with Gasteiger partial charge in [0, 0.05) is 19.8 Å². The molecule has 1 aliphatic rings. The lowest BCUT2D eigenvalue weighted by molar-refractivity contribution is -0.216. The highest BCUT2D eigenvalue weighted by atomic mass is 79.9. The van der Waals surface area contributed by atoms with Crippen LogP contribution in [0.5, 0.6) is 0 Å². The van der Waals surface area contributed by atoms with Crippen molar-refractivity contribution < 1.29 is 33.3 Å². The van der Waals surface area contributed by atoms with E-state index in [1.54, 1.807) is 6.92 Å². The van der Waals surface area contributed by atoms with Crippen LogP contribution in [0.2, 0.25) is 0 Å². The SMILES string of the molecule is COC(=O)C1O[C@H](Br)[C@H](C)[C@@H](OC(C)=O)[C@@H]1OC(C)=O. The first kappa shape index (κ1) is 16.9. The van der Waals surface area contributed by atoms with Gasteiger partial charge in [-0.2, -0.15) is 0 Å². The maximum Gasteiger partial charge on any atom is 0.339 e. The summed E-state index contributed by atoms with van der Waals surface area (Å²) < 4.78 is 20.3. The highest BCUT2D eigenvalue weighted by Crippen LogP contribution is 2.33. The largest absolute Gasteiger partial charge is 0.467 e. The molecule has 0 aromatic rings. The third-order valence-electron chi connectivity index (χ3n) is 2.87. The van der Waals surface area contributed by atoms with Gasteiger partial charge in [-0.15, -0.1) is 0 Å². The van der Waals surface area contributed by atoms with Gasteiger partial charge in [0.05, 0.1) is 7.11 Å². The zero-order chi connectivity index (χ0) is 15.4. The van der Waals surface area contributed by atoms with E-state index in [9.17, 15) is 14.4 Å². The van der Waals surface area contributed by atoms with Crippen LogP contribution < -0.4 is 0 Å². The molecule has 0 radical (unpaired) electrons. The lowest BCUT2D eigenvalue weighted by Crippen LogP contribution is -2.57. The van der Waals surface area contributed by atoms with Crippen molar-refractivity contribution >= 4 is 33.8 Å².